The fourth-order valence-corrected chi connectivity index (χ4v) is 1.48. The van der Waals surface area contributed by atoms with Gasteiger partial charge >= 0.3 is 12.0 Å². The smallest absolute Gasteiger partial charge is 0.327 e. The fourth-order valence-electron chi connectivity index (χ4n) is 1.48. The van der Waals surface area contributed by atoms with E-state index in [1.54, 1.807) is 10.9 Å². The molecule has 3 N–H and O–H groups in total. The van der Waals surface area contributed by atoms with Gasteiger partial charge in [0.15, 0.2) is 0 Å². The van der Waals surface area contributed by atoms with Gasteiger partial charge in [-0.3, -0.25) is 4.68 Å². The number of aromatic nitrogens is 2. The Morgan fingerprint density at radius 2 is 2.37 bits per heavy atom. The summed E-state index contributed by atoms with van der Waals surface area (Å²) in [6, 6.07) is 0.226. The third-order valence-corrected chi connectivity index (χ3v) is 2.51. The highest BCUT2D eigenvalue weighted by atomic mass is 16.4. The maximum atomic E-state index is 11.5. The first-order valence-corrected chi connectivity index (χ1v) is 5.72. The largest absolute Gasteiger partial charge is 0.480 e. The lowest BCUT2D eigenvalue weighted by Gasteiger charge is -2.12. The van der Waals surface area contributed by atoms with Crippen molar-refractivity contribution < 1.29 is 14.7 Å². The first-order valence-electron chi connectivity index (χ1n) is 5.72. The second-order valence-corrected chi connectivity index (χ2v) is 3.90. The molecule has 1 aromatic heterocycles. The van der Waals surface area contributed by atoms with Crippen LogP contribution in [0, 0.1) is 12.3 Å². The standard InChI is InChI=1S/C12H16N4O3/c1-3-4-10(11(17)18)15-12(19)13-7-5-9-6-8-14-16(9)2/h1,6,8,10H,4-5,7H2,2H3,(H,17,18)(H2,13,15,19). The molecular weight excluding hydrogens is 248 g/mol. The first-order chi connectivity index (χ1) is 9.04. The van der Waals surface area contributed by atoms with E-state index in [4.69, 9.17) is 11.5 Å². The van der Waals surface area contributed by atoms with Gasteiger partial charge in [0, 0.05) is 38.3 Å². The Morgan fingerprint density at radius 1 is 1.63 bits per heavy atom. The molecule has 1 aromatic rings. The number of urea groups is 1. The summed E-state index contributed by atoms with van der Waals surface area (Å²) in [7, 11) is 1.81. The predicted octanol–water partition coefficient (Wildman–Crippen LogP) is -0.262. The lowest BCUT2D eigenvalue weighted by Crippen LogP contribution is -2.46. The number of carboxylic acid groups (broad SMARTS) is 1. The highest BCUT2D eigenvalue weighted by molar-refractivity contribution is 5.82. The molecule has 7 heteroatoms. The van der Waals surface area contributed by atoms with E-state index >= 15 is 0 Å². The van der Waals surface area contributed by atoms with Crippen LogP contribution in [-0.4, -0.2) is 39.5 Å². The number of hydrogen-bond donors (Lipinski definition) is 3. The quantitative estimate of drug-likeness (QED) is 0.617. The number of hydrogen-bond acceptors (Lipinski definition) is 3. The molecule has 7 nitrogen and oxygen atoms in total. The van der Waals surface area contributed by atoms with E-state index in [1.165, 1.54) is 0 Å². The van der Waals surface area contributed by atoms with Gasteiger partial charge in [-0.15, -0.1) is 12.3 Å². The number of aryl methyl sites for hydroxylation is 1. The Balaban J connectivity index is 2.33. The molecule has 0 radical (unpaired) electrons. The summed E-state index contributed by atoms with van der Waals surface area (Å²) in [5.74, 6) is 1.05. The van der Waals surface area contributed by atoms with Crippen LogP contribution in [0.3, 0.4) is 0 Å². The van der Waals surface area contributed by atoms with Gasteiger partial charge in [0.1, 0.15) is 6.04 Å². The van der Waals surface area contributed by atoms with Crippen LogP contribution >= 0.6 is 0 Å². The van der Waals surface area contributed by atoms with Crippen molar-refractivity contribution in [1.82, 2.24) is 20.4 Å². The third kappa shape index (κ3) is 4.71. The average Bonchev–Trinajstić information content (AvgIpc) is 2.74. The molecule has 102 valence electrons. The molecule has 2 amide bonds. The third-order valence-electron chi connectivity index (χ3n) is 2.51. The van der Waals surface area contributed by atoms with Crippen LogP contribution in [0.1, 0.15) is 12.1 Å². The molecule has 1 heterocycles. The molecule has 0 fully saturated rings. The molecular formula is C12H16N4O3. The molecule has 19 heavy (non-hydrogen) atoms. The predicted molar refractivity (Wildman–Crippen MR) is 68.3 cm³/mol. The number of rotatable bonds is 6. The second kappa shape index (κ2) is 7.06. The molecule has 1 atom stereocenters. The SMILES string of the molecule is C#CCC(NC(=O)NCCc1ccnn1C)C(=O)O. The molecule has 0 aromatic carbocycles. The van der Waals surface area contributed by atoms with E-state index < -0.39 is 18.0 Å². The summed E-state index contributed by atoms with van der Waals surface area (Å²) in [4.78, 5) is 22.3. The number of nitrogens with one attached hydrogen (secondary N) is 2. The van der Waals surface area contributed by atoms with Crippen molar-refractivity contribution in [3.63, 3.8) is 0 Å². The van der Waals surface area contributed by atoms with Crippen molar-refractivity contribution in [1.29, 1.82) is 0 Å². The zero-order chi connectivity index (χ0) is 14.3. The number of amides is 2. The number of terminal acetylenes is 1. The van der Waals surface area contributed by atoms with Crippen LogP contribution in [-0.2, 0) is 18.3 Å². The van der Waals surface area contributed by atoms with Crippen LogP contribution in [0.4, 0.5) is 4.79 Å². The minimum atomic E-state index is -1.15. The van der Waals surface area contributed by atoms with Gasteiger partial charge in [-0.25, -0.2) is 9.59 Å². The van der Waals surface area contributed by atoms with E-state index in [1.807, 2.05) is 13.1 Å². The monoisotopic (exact) mass is 264 g/mol. The molecule has 1 rings (SSSR count). The van der Waals surface area contributed by atoms with Gasteiger partial charge in [0.05, 0.1) is 0 Å². The highest BCUT2D eigenvalue weighted by Gasteiger charge is 2.18. The molecule has 0 spiro atoms. The van der Waals surface area contributed by atoms with E-state index in [2.05, 4.69) is 21.7 Å². The van der Waals surface area contributed by atoms with E-state index in [-0.39, 0.29) is 6.42 Å². The molecule has 0 aliphatic rings. The van der Waals surface area contributed by atoms with Gasteiger partial charge in [-0.05, 0) is 6.07 Å². The summed E-state index contributed by atoms with van der Waals surface area (Å²) < 4.78 is 1.71. The van der Waals surface area contributed by atoms with E-state index in [9.17, 15) is 9.59 Å². The van der Waals surface area contributed by atoms with Crippen molar-refractivity contribution in [3.05, 3.63) is 18.0 Å². The lowest BCUT2D eigenvalue weighted by molar-refractivity contribution is -0.139. The first kappa shape index (κ1) is 14.6. The van der Waals surface area contributed by atoms with Crippen LogP contribution < -0.4 is 10.6 Å². The zero-order valence-corrected chi connectivity index (χ0v) is 10.6. The Labute approximate surface area is 111 Å². The molecule has 0 aliphatic heterocycles. The summed E-state index contributed by atoms with van der Waals surface area (Å²) >= 11 is 0. The number of carbonyl (C=O) groups is 2. The van der Waals surface area contributed by atoms with E-state index in [0.717, 1.165) is 5.69 Å². The van der Waals surface area contributed by atoms with E-state index in [0.29, 0.717) is 13.0 Å². The van der Waals surface area contributed by atoms with Crippen molar-refractivity contribution in [2.75, 3.05) is 6.54 Å². The number of carboxylic acids is 1. The van der Waals surface area contributed by atoms with Crippen LogP contribution in [0.25, 0.3) is 0 Å². The summed E-state index contributed by atoms with van der Waals surface area (Å²) in [6.45, 7) is 0.383. The zero-order valence-electron chi connectivity index (χ0n) is 10.6. The molecule has 0 bridgehead atoms. The van der Waals surface area contributed by atoms with Gasteiger partial charge in [-0.1, -0.05) is 0 Å². The Hall–Kier alpha value is -2.49. The molecule has 0 saturated heterocycles. The lowest BCUT2D eigenvalue weighted by atomic mass is 10.2. The Bertz CT molecular complexity index is 489. The topological polar surface area (TPSA) is 96.3 Å². The van der Waals surface area contributed by atoms with Gasteiger partial charge in [0.2, 0.25) is 0 Å². The second-order valence-electron chi connectivity index (χ2n) is 3.90. The number of nitrogens with zero attached hydrogens (tertiary/aromatic N) is 2. The van der Waals surface area contributed by atoms with Crippen LogP contribution in [0.2, 0.25) is 0 Å². The van der Waals surface area contributed by atoms with Gasteiger partial charge in [0.25, 0.3) is 0 Å². The fraction of sp³-hybridized carbons (Fsp3) is 0.417. The molecule has 0 saturated carbocycles. The highest BCUT2D eigenvalue weighted by Crippen LogP contribution is 1.96. The van der Waals surface area contributed by atoms with Gasteiger partial charge in [-0.2, -0.15) is 5.10 Å². The van der Waals surface area contributed by atoms with Crippen LogP contribution in [0.5, 0.6) is 0 Å². The minimum Gasteiger partial charge on any atom is -0.480 e. The van der Waals surface area contributed by atoms with Crippen molar-refractivity contribution in [2.24, 2.45) is 7.05 Å². The normalized spacial score (nSPS) is 11.4. The number of aliphatic carboxylic acids is 1. The summed E-state index contributed by atoms with van der Waals surface area (Å²) in [5, 5.41) is 17.7. The van der Waals surface area contributed by atoms with Gasteiger partial charge < -0.3 is 15.7 Å². The van der Waals surface area contributed by atoms with Crippen molar-refractivity contribution in [3.8, 4) is 12.3 Å². The summed E-state index contributed by atoms with van der Waals surface area (Å²) in [6.07, 6.45) is 7.26. The van der Waals surface area contributed by atoms with Crippen molar-refractivity contribution >= 4 is 12.0 Å². The van der Waals surface area contributed by atoms with Crippen molar-refractivity contribution in [2.45, 2.75) is 18.9 Å². The maximum Gasteiger partial charge on any atom is 0.327 e. The molecule has 1 unspecified atom stereocenters. The average molecular weight is 264 g/mol. The Kier molecular flexibility index (Phi) is 5.41. The number of carbonyl (C=O) groups excluding carboxylic acids is 1. The Morgan fingerprint density at radius 3 is 2.89 bits per heavy atom. The maximum absolute atomic E-state index is 11.5. The summed E-state index contributed by atoms with van der Waals surface area (Å²) in [5.41, 5.74) is 0.971. The van der Waals surface area contributed by atoms with Crippen LogP contribution in [0.15, 0.2) is 12.3 Å². The minimum absolute atomic E-state index is 0.0511. The molecule has 0 aliphatic carbocycles.